The SMILES string of the molecule is C[C@@]1(O)C(O)C(CCO)OC1n1cc(C=NO)c2c(N)ncnc21. The molecule has 0 bridgehead atoms. The van der Waals surface area contributed by atoms with Crippen LogP contribution >= 0.6 is 0 Å². The largest absolute Gasteiger partial charge is 0.411 e. The van der Waals surface area contributed by atoms with Gasteiger partial charge in [-0.05, 0) is 13.3 Å². The molecule has 130 valence electrons. The Labute approximate surface area is 136 Å². The van der Waals surface area contributed by atoms with E-state index >= 15 is 0 Å². The molecule has 1 fully saturated rings. The lowest BCUT2D eigenvalue weighted by atomic mass is 9.95. The molecule has 4 atom stereocenters. The van der Waals surface area contributed by atoms with Gasteiger partial charge in [0.1, 0.15) is 29.5 Å². The summed E-state index contributed by atoms with van der Waals surface area (Å²) in [6, 6.07) is 0. The minimum absolute atomic E-state index is 0.176. The lowest BCUT2D eigenvalue weighted by Gasteiger charge is -2.27. The van der Waals surface area contributed by atoms with Crippen LogP contribution in [-0.2, 0) is 4.74 Å². The van der Waals surface area contributed by atoms with Gasteiger partial charge in [0.2, 0.25) is 0 Å². The maximum Gasteiger partial charge on any atom is 0.166 e. The van der Waals surface area contributed by atoms with Gasteiger partial charge in [-0.25, -0.2) is 9.97 Å². The van der Waals surface area contributed by atoms with Crippen molar-refractivity contribution in [2.45, 2.75) is 37.4 Å². The molecule has 0 saturated carbocycles. The van der Waals surface area contributed by atoms with Crippen molar-refractivity contribution in [2.75, 3.05) is 12.3 Å². The van der Waals surface area contributed by atoms with E-state index in [9.17, 15) is 10.2 Å². The van der Waals surface area contributed by atoms with Crippen LogP contribution in [0.25, 0.3) is 11.0 Å². The molecule has 0 radical (unpaired) electrons. The molecule has 0 aromatic carbocycles. The van der Waals surface area contributed by atoms with Crippen LogP contribution in [0.2, 0.25) is 0 Å². The summed E-state index contributed by atoms with van der Waals surface area (Å²) in [4.78, 5) is 8.07. The first-order valence-electron chi connectivity index (χ1n) is 7.37. The maximum atomic E-state index is 10.7. The highest BCUT2D eigenvalue weighted by atomic mass is 16.6. The Morgan fingerprint density at radius 3 is 2.92 bits per heavy atom. The number of anilines is 1. The number of hydrogen-bond acceptors (Lipinski definition) is 9. The molecular formula is C14H19N5O5. The molecule has 1 saturated heterocycles. The van der Waals surface area contributed by atoms with Gasteiger partial charge in [-0.15, -0.1) is 0 Å². The van der Waals surface area contributed by atoms with Crippen LogP contribution in [0.4, 0.5) is 5.82 Å². The summed E-state index contributed by atoms with van der Waals surface area (Å²) in [6.07, 6.45) is 1.26. The van der Waals surface area contributed by atoms with Crippen molar-refractivity contribution < 1.29 is 25.3 Å². The van der Waals surface area contributed by atoms with Crippen LogP contribution < -0.4 is 5.73 Å². The third kappa shape index (κ3) is 2.40. The van der Waals surface area contributed by atoms with Crippen LogP contribution in [0, 0.1) is 0 Å². The van der Waals surface area contributed by atoms with Crippen molar-refractivity contribution in [3.63, 3.8) is 0 Å². The summed E-state index contributed by atoms with van der Waals surface area (Å²) in [5.74, 6) is 0.179. The third-order valence-electron chi connectivity index (χ3n) is 4.29. The highest BCUT2D eigenvalue weighted by Gasteiger charge is 2.53. The van der Waals surface area contributed by atoms with E-state index in [1.165, 1.54) is 24.0 Å². The summed E-state index contributed by atoms with van der Waals surface area (Å²) in [6.45, 7) is 1.25. The number of rotatable bonds is 4. The number of nitrogens with zero attached hydrogens (tertiary/aromatic N) is 4. The number of aliphatic hydroxyl groups excluding tert-OH is 2. The summed E-state index contributed by atoms with van der Waals surface area (Å²) in [5.41, 5.74) is 5.05. The first kappa shape index (κ1) is 16.6. The molecule has 10 nitrogen and oxygen atoms in total. The molecule has 1 aliphatic rings. The maximum absolute atomic E-state index is 10.7. The Kier molecular flexibility index (Phi) is 4.13. The Hall–Kier alpha value is -2.27. The molecule has 3 heterocycles. The topological polar surface area (TPSA) is 159 Å². The zero-order valence-electron chi connectivity index (χ0n) is 12.9. The summed E-state index contributed by atoms with van der Waals surface area (Å²) >= 11 is 0. The van der Waals surface area contributed by atoms with E-state index < -0.39 is 24.0 Å². The molecule has 0 aliphatic carbocycles. The van der Waals surface area contributed by atoms with Gasteiger partial charge in [0.05, 0.1) is 17.7 Å². The Morgan fingerprint density at radius 2 is 2.25 bits per heavy atom. The van der Waals surface area contributed by atoms with Gasteiger partial charge in [-0.2, -0.15) is 0 Å². The smallest absolute Gasteiger partial charge is 0.166 e. The molecule has 3 rings (SSSR count). The highest BCUT2D eigenvalue weighted by Crippen LogP contribution is 2.41. The van der Waals surface area contributed by atoms with Crippen LogP contribution in [-0.4, -0.2) is 65.7 Å². The van der Waals surface area contributed by atoms with E-state index in [2.05, 4.69) is 15.1 Å². The summed E-state index contributed by atoms with van der Waals surface area (Å²) in [5, 5.41) is 42.4. The molecular weight excluding hydrogens is 318 g/mol. The molecule has 0 spiro atoms. The summed E-state index contributed by atoms with van der Waals surface area (Å²) < 4.78 is 7.25. The quantitative estimate of drug-likeness (QED) is 0.276. The number of oxime groups is 1. The van der Waals surface area contributed by atoms with Gasteiger partial charge in [0.15, 0.2) is 6.23 Å². The molecule has 1 aliphatic heterocycles. The average Bonchev–Trinajstić information content (AvgIpc) is 3.00. The number of hydrogen-bond donors (Lipinski definition) is 5. The van der Waals surface area contributed by atoms with Crippen molar-refractivity contribution in [3.8, 4) is 0 Å². The van der Waals surface area contributed by atoms with Gasteiger partial charge in [0.25, 0.3) is 0 Å². The molecule has 2 aromatic heterocycles. The minimum Gasteiger partial charge on any atom is -0.411 e. The number of nitrogen functional groups attached to an aromatic ring is 1. The second-order valence-corrected chi connectivity index (χ2v) is 5.90. The Morgan fingerprint density at radius 1 is 1.50 bits per heavy atom. The number of aliphatic hydroxyl groups is 3. The van der Waals surface area contributed by atoms with E-state index in [1.54, 1.807) is 6.20 Å². The van der Waals surface area contributed by atoms with Crippen LogP contribution in [0.5, 0.6) is 0 Å². The third-order valence-corrected chi connectivity index (χ3v) is 4.29. The van der Waals surface area contributed by atoms with E-state index in [4.69, 9.17) is 20.8 Å². The van der Waals surface area contributed by atoms with E-state index in [0.29, 0.717) is 16.6 Å². The first-order valence-corrected chi connectivity index (χ1v) is 7.37. The number of fused-ring (bicyclic) bond motifs is 1. The van der Waals surface area contributed by atoms with Gasteiger partial charge in [0, 0.05) is 18.4 Å². The molecule has 2 aromatic rings. The molecule has 6 N–H and O–H groups in total. The number of ether oxygens (including phenoxy) is 1. The van der Waals surface area contributed by atoms with E-state index in [-0.39, 0.29) is 18.8 Å². The second-order valence-electron chi connectivity index (χ2n) is 5.90. The number of nitrogens with two attached hydrogens (primary N) is 1. The number of aromatic nitrogens is 3. The molecule has 10 heteroatoms. The zero-order valence-corrected chi connectivity index (χ0v) is 12.9. The molecule has 3 unspecified atom stereocenters. The van der Waals surface area contributed by atoms with Gasteiger partial charge < -0.3 is 35.6 Å². The fraction of sp³-hybridized carbons (Fsp3) is 0.500. The van der Waals surface area contributed by atoms with Crippen molar-refractivity contribution in [1.29, 1.82) is 0 Å². The first-order chi connectivity index (χ1) is 11.4. The lowest BCUT2D eigenvalue weighted by molar-refractivity contribution is -0.0940. The predicted octanol–water partition coefficient (Wildman–Crippen LogP) is -0.787. The van der Waals surface area contributed by atoms with Crippen LogP contribution in [0.15, 0.2) is 17.7 Å². The second kappa shape index (κ2) is 5.98. The van der Waals surface area contributed by atoms with Crippen molar-refractivity contribution in [2.24, 2.45) is 5.16 Å². The van der Waals surface area contributed by atoms with Crippen molar-refractivity contribution >= 4 is 23.1 Å². The van der Waals surface area contributed by atoms with Gasteiger partial charge in [-0.1, -0.05) is 5.16 Å². The molecule has 24 heavy (non-hydrogen) atoms. The van der Waals surface area contributed by atoms with Crippen LogP contribution in [0.3, 0.4) is 0 Å². The van der Waals surface area contributed by atoms with Gasteiger partial charge >= 0.3 is 0 Å². The normalized spacial score (nSPS) is 30.6. The van der Waals surface area contributed by atoms with Gasteiger partial charge in [-0.3, -0.25) is 0 Å². The lowest BCUT2D eigenvalue weighted by Crippen LogP contribution is -2.43. The standard InChI is InChI=1S/C14H19N5O5/c1-14(22)10(21)8(2-3-20)24-13(14)19-5-7(4-18-23)9-11(15)16-6-17-12(9)19/h4-6,8,10,13,20-23H,2-3H2,1H3,(H2,15,16,17)/t8?,10?,13?,14-/m1/s1. The molecule has 0 amide bonds. The zero-order chi connectivity index (χ0) is 17.5. The van der Waals surface area contributed by atoms with Crippen molar-refractivity contribution in [3.05, 3.63) is 18.1 Å². The fourth-order valence-electron chi connectivity index (χ4n) is 3.08. The Bertz CT molecular complexity index is 774. The van der Waals surface area contributed by atoms with E-state index in [0.717, 1.165) is 0 Å². The van der Waals surface area contributed by atoms with Crippen LogP contribution in [0.1, 0.15) is 25.1 Å². The predicted molar refractivity (Wildman–Crippen MR) is 83.6 cm³/mol. The minimum atomic E-state index is -1.63. The average molecular weight is 337 g/mol. The highest BCUT2D eigenvalue weighted by molar-refractivity contribution is 6.02. The summed E-state index contributed by atoms with van der Waals surface area (Å²) in [7, 11) is 0. The Balaban J connectivity index is 2.14. The van der Waals surface area contributed by atoms with E-state index in [1.807, 2.05) is 0 Å². The monoisotopic (exact) mass is 337 g/mol. The fourth-order valence-corrected chi connectivity index (χ4v) is 3.08. The van der Waals surface area contributed by atoms with Crippen molar-refractivity contribution in [1.82, 2.24) is 14.5 Å².